The molecule has 0 spiro atoms. The third-order valence-corrected chi connectivity index (χ3v) is 15.0. The van der Waals surface area contributed by atoms with Gasteiger partial charge in [-0.1, -0.05) is 45.4 Å². The number of carbonyl (C=O) groups is 4. The number of ketones is 2. The number of amides is 1. The summed E-state index contributed by atoms with van der Waals surface area (Å²) in [4.78, 5) is 58.5. The van der Waals surface area contributed by atoms with Crippen LogP contribution in [0.3, 0.4) is 0 Å². The molecular weight excluding hydrogens is 875 g/mol. The van der Waals surface area contributed by atoms with Crippen molar-refractivity contribution in [3.8, 4) is 11.5 Å². The molecular formula is C53H81NO14. The van der Waals surface area contributed by atoms with E-state index in [9.17, 15) is 29.4 Å². The van der Waals surface area contributed by atoms with Gasteiger partial charge in [-0.25, -0.2) is 4.79 Å². The van der Waals surface area contributed by atoms with Crippen molar-refractivity contribution in [1.82, 2.24) is 4.90 Å². The highest BCUT2D eigenvalue weighted by Crippen LogP contribution is 2.40. The van der Waals surface area contributed by atoms with Crippen molar-refractivity contribution in [3.63, 3.8) is 0 Å². The van der Waals surface area contributed by atoms with Gasteiger partial charge in [0.2, 0.25) is 5.79 Å². The van der Waals surface area contributed by atoms with E-state index in [4.69, 9.17) is 37.9 Å². The molecule has 0 aromatic heterocycles. The minimum atomic E-state index is -2.49. The number of aliphatic hydroxyl groups is 2. The van der Waals surface area contributed by atoms with E-state index in [1.54, 1.807) is 60.7 Å². The van der Waals surface area contributed by atoms with Gasteiger partial charge in [-0.3, -0.25) is 14.4 Å². The van der Waals surface area contributed by atoms with Crippen LogP contribution in [-0.4, -0.2) is 136 Å². The first-order valence-corrected chi connectivity index (χ1v) is 24.9. The lowest BCUT2D eigenvalue weighted by Crippen LogP contribution is -2.64. The molecule has 3 heterocycles. The van der Waals surface area contributed by atoms with Gasteiger partial charge in [-0.15, -0.1) is 0 Å². The van der Waals surface area contributed by atoms with Crippen LogP contribution >= 0.6 is 0 Å². The minimum absolute atomic E-state index is 0.0351. The molecule has 5 rings (SSSR count). The van der Waals surface area contributed by atoms with Gasteiger partial charge in [0, 0.05) is 52.2 Å². The smallest absolute Gasteiger partial charge is 0.329 e. The maximum atomic E-state index is 14.5. The molecule has 1 aliphatic carbocycles. The summed E-state index contributed by atoms with van der Waals surface area (Å²) in [6.45, 7) is 11.9. The summed E-state index contributed by atoms with van der Waals surface area (Å²) in [5.74, 6) is -5.31. The maximum absolute atomic E-state index is 14.5. The Kier molecular flexibility index (Phi) is 20.7. The zero-order chi connectivity index (χ0) is 49.9. The summed E-state index contributed by atoms with van der Waals surface area (Å²) >= 11 is 0. The van der Waals surface area contributed by atoms with Gasteiger partial charge in [0.1, 0.15) is 41.6 Å². The zero-order valence-electron chi connectivity index (χ0n) is 42.5. The van der Waals surface area contributed by atoms with Crippen molar-refractivity contribution in [2.45, 2.75) is 173 Å². The van der Waals surface area contributed by atoms with E-state index in [-0.39, 0.29) is 74.1 Å². The molecule has 2 saturated heterocycles. The van der Waals surface area contributed by atoms with Gasteiger partial charge in [0.05, 0.1) is 45.2 Å². The van der Waals surface area contributed by atoms with Crippen LogP contribution in [0.25, 0.3) is 0 Å². The number of benzene rings is 1. The van der Waals surface area contributed by atoms with Gasteiger partial charge in [-0.2, -0.15) is 0 Å². The van der Waals surface area contributed by atoms with Crippen LogP contribution in [0, 0.1) is 29.6 Å². The Hall–Kier alpha value is -3.70. The third kappa shape index (κ3) is 13.6. The van der Waals surface area contributed by atoms with E-state index in [1.165, 1.54) is 4.90 Å². The number of methoxy groups -OCH3 is 5. The number of aliphatic hydroxyl groups excluding tert-OH is 1. The lowest BCUT2D eigenvalue weighted by molar-refractivity contribution is -0.302. The molecule has 2 bridgehead atoms. The van der Waals surface area contributed by atoms with E-state index in [0.717, 1.165) is 17.6 Å². The summed E-state index contributed by atoms with van der Waals surface area (Å²) < 4.78 is 47.6. The van der Waals surface area contributed by atoms with Crippen molar-refractivity contribution in [2.24, 2.45) is 29.6 Å². The molecule has 2 N–H and O–H groups in total. The van der Waals surface area contributed by atoms with Crippen LogP contribution in [0.1, 0.15) is 130 Å². The summed E-state index contributed by atoms with van der Waals surface area (Å²) in [5, 5.41) is 23.2. The number of hydrogen-bond acceptors (Lipinski definition) is 14. The van der Waals surface area contributed by atoms with Crippen molar-refractivity contribution >= 4 is 23.4 Å². The number of carbonyl (C=O) groups excluding carboxylic acids is 4. The second-order valence-electron chi connectivity index (χ2n) is 20.0. The normalized spacial score (nSPS) is 35.6. The summed E-state index contributed by atoms with van der Waals surface area (Å²) in [7, 11) is 7.86. The van der Waals surface area contributed by atoms with Crippen LogP contribution < -0.4 is 9.47 Å². The van der Waals surface area contributed by atoms with Crippen LogP contribution in [0.15, 0.2) is 41.5 Å². The van der Waals surface area contributed by atoms with Gasteiger partial charge in [-0.05, 0) is 125 Å². The molecule has 68 heavy (non-hydrogen) atoms. The first-order valence-electron chi connectivity index (χ1n) is 24.9. The molecule has 0 radical (unpaired) electrons. The summed E-state index contributed by atoms with van der Waals surface area (Å²) in [6, 6.07) is 4.16. The van der Waals surface area contributed by atoms with E-state index in [0.29, 0.717) is 68.4 Å². The monoisotopic (exact) mass is 956 g/mol. The van der Waals surface area contributed by atoms with Gasteiger partial charge >= 0.3 is 5.97 Å². The highest BCUT2D eigenvalue weighted by Gasteiger charge is 2.56. The second kappa shape index (κ2) is 25.4. The van der Waals surface area contributed by atoms with E-state index < -0.39 is 65.9 Å². The topological polar surface area (TPSA) is 186 Å². The number of Topliss-reactive ketones (excluding diaryl/α,β-unsaturated/α-hetero) is 2. The molecule has 4 aliphatic rings. The largest absolute Gasteiger partial charge is 0.497 e. The fourth-order valence-corrected chi connectivity index (χ4v) is 10.9. The average molecular weight is 956 g/mol. The minimum Gasteiger partial charge on any atom is -0.497 e. The number of hydrogen-bond donors (Lipinski definition) is 2. The van der Waals surface area contributed by atoms with Crippen LogP contribution in [-0.2, 0) is 47.6 Å². The van der Waals surface area contributed by atoms with Crippen LogP contribution in [0.4, 0.5) is 0 Å². The fraction of sp³-hybridized carbons (Fsp3) is 0.736. The first kappa shape index (κ1) is 55.2. The molecule has 1 aromatic rings. The first-order chi connectivity index (χ1) is 32.4. The molecule has 14 atom stereocenters. The summed E-state index contributed by atoms with van der Waals surface area (Å²) in [6.07, 6.45) is 6.24. The predicted octanol–water partition coefficient (Wildman–Crippen LogP) is 7.28. The summed E-state index contributed by atoms with van der Waals surface area (Å²) in [5.41, 5.74) is 2.48. The van der Waals surface area contributed by atoms with Crippen molar-refractivity contribution in [2.75, 3.05) is 48.7 Å². The second-order valence-corrected chi connectivity index (χ2v) is 20.0. The molecule has 3 aliphatic heterocycles. The van der Waals surface area contributed by atoms with E-state index in [2.05, 4.69) is 19.1 Å². The zero-order valence-corrected chi connectivity index (χ0v) is 42.5. The number of piperidine rings is 1. The molecule has 382 valence electrons. The van der Waals surface area contributed by atoms with Gasteiger partial charge in [0.25, 0.3) is 11.7 Å². The predicted molar refractivity (Wildman–Crippen MR) is 255 cm³/mol. The number of nitrogens with zero attached hydrogens (tertiary/aromatic N) is 1. The fourth-order valence-electron chi connectivity index (χ4n) is 10.9. The van der Waals surface area contributed by atoms with Crippen molar-refractivity contribution in [3.05, 3.63) is 47.1 Å². The van der Waals surface area contributed by atoms with E-state index in [1.807, 2.05) is 27.7 Å². The number of cyclic esters (lactones) is 1. The Morgan fingerprint density at radius 2 is 1.53 bits per heavy atom. The van der Waals surface area contributed by atoms with E-state index >= 15 is 0 Å². The quantitative estimate of drug-likeness (QED) is 0.121. The maximum Gasteiger partial charge on any atom is 0.329 e. The van der Waals surface area contributed by atoms with Crippen LogP contribution in [0.5, 0.6) is 11.5 Å². The highest BCUT2D eigenvalue weighted by atomic mass is 16.7. The number of fused-ring (bicyclic) bond motifs is 3. The average Bonchev–Trinajstić information content (AvgIpc) is 3.34. The Bertz CT molecular complexity index is 1900. The lowest BCUT2D eigenvalue weighted by Gasteiger charge is -2.47. The molecule has 1 saturated carbocycles. The molecule has 15 nitrogen and oxygen atoms in total. The Morgan fingerprint density at radius 1 is 0.868 bits per heavy atom. The number of ether oxygens (including phenoxy) is 8. The standard InChI is InChI=1S/C53H81NO14/c1-12-37-22-31(2)21-32(3)23-46(64-10)49-47(65-11)25-35(6)53(60,68-49)50(57)51(58)54-20-14-13-15-41(54)52(59)67-48(33(4)16-18-42(37)55)34(5)24-36-17-19-44(45(26-36)63-9)66-30-43(56)38-27-39(61-7)29-40(28-38)62-8/h22,24,27-29,32-33,35-37,41,43-49,56,60H,12-21,23,25-26,30H2,1-11H3/b31-22+,34-24?. The molecule has 1 aromatic carbocycles. The number of rotatable bonds is 12. The number of allylic oxidation sites excluding steroid dienone is 3. The van der Waals surface area contributed by atoms with Crippen molar-refractivity contribution in [1.29, 1.82) is 0 Å². The van der Waals surface area contributed by atoms with Crippen LogP contribution in [0.2, 0.25) is 0 Å². The Labute approximate surface area is 404 Å². The lowest BCUT2D eigenvalue weighted by atomic mass is 9.82. The molecule has 15 heteroatoms. The highest BCUT2D eigenvalue weighted by molar-refractivity contribution is 6.39. The SMILES string of the molecule is CCC1/C=C(\C)CC(C)CC(OC)C2OC(O)(C(=O)C(=O)N3CCCCC3C(=O)OC(C(C)=CC3CCC(OCC(O)c4cc(OC)cc(OC)c4)C(OC)C3)C(C)CCC1=O)C(C)CC2OC. The Morgan fingerprint density at radius 3 is 2.16 bits per heavy atom. The van der Waals surface area contributed by atoms with Gasteiger partial charge in [0.15, 0.2) is 0 Å². The van der Waals surface area contributed by atoms with Crippen molar-refractivity contribution < 1.29 is 67.3 Å². The van der Waals surface area contributed by atoms with Gasteiger partial charge < -0.3 is 53.0 Å². The molecule has 3 fully saturated rings. The number of esters is 1. The molecule has 14 unspecified atom stereocenters. The third-order valence-electron chi connectivity index (χ3n) is 15.0. The Balaban J connectivity index is 1.41. The molecule has 1 amide bonds.